The van der Waals surface area contributed by atoms with E-state index < -0.39 is 5.63 Å². The van der Waals surface area contributed by atoms with Crippen LogP contribution in [0.25, 0.3) is 5.71 Å². The van der Waals surface area contributed by atoms with Crippen LogP contribution in [0.15, 0.2) is 33.6 Å². The molecule has 4 heteroatoms. The van der Waals surface area contributed by atoms with Gasteiger partial charge in [0.1, 0.15) is 0 Å². The van der Waals surface area contributed by atoms with Crippen molar-refractivity contribution in [2.75, 3.05) is 0 Å². The van der Waals surface area contributed by atoms with Crippen molar-refractivity contribution in [3.8, 4) is 5.88 Å². The van der Waals surface area contributed by atoms with E-state index in [0.717, 1.165) is 0 Å². The van der Waals surface area contributed by atoms with E-state index in [1.54, 1.807) is 24.4 Å². The summed E-state index contributed by atoms with van der Waals surface area (Å²) in [6, 6.07) is 4.98. The minimum atomic E-state index is -0.573. The molecule has 2 rings (SSSR count). The van der Waals surface area contributed by atoms with Gasteiger partial charge >= 0.3 is 11.3 Å². The Balaban J connectivity index is 3.02. The molecule has 0 aliphatic heterocycles. The molecule has 66 valence electrons. The van der Waals surface area contributed by atoms with Gasteiger partial charge in [0.25, 0.3) is 0 Å². The summed E-state index contributed by atoms with van der Waals surface area (Å²) in [5, 5.41) is 11.5. The van der Waals surface area contributed by atoms with Gasteiger partial charge in [-0.3, -0.25) is 0 Å². The maximum atomic E-state index is 11.5. The number of rotatable bonds is 0. The first-order chi connectivity index (χ1) is 6.20. The highest BCUT2D eigenvalue weighted by atomic mass is 16.4. The van der Waals surface area contributed by atoms with Crippen molar-refractivity contribution in [1.29, 1.82) is 0 Å². The fourth-order valence-corrected chi connectivity index (χ4v) is 1.12. The molecule has 0 aromatic carbocycles. The SMILES string of the molecule is Cc1c([O-])[n+]2ccccc2oc1=O. The topological polar surface area (TPSA) is 57.4 Å². The second kappa shape index (κ2) is 2.58. The van der Waals surface area contributed by atoms with Gasteiger partial charge in [0, 0.05) is 6.07 Å². The molecule has 0 saturated carbocycles. The lowest BCUT2D eigenvalue weighted by Gasteiger charge is -2.02. The third kappa shape index (κ3) is 1.07. The zero-order chi connectivity index (χ0) is 9.42. The van der Waals surface area contributed by atoms with Crippen molar-refractivity contribution >= 4 is 5.71 Å². The Labute approximate surface area is 73.7 Å². The highest BCUT2D eigenvalue weighted by molar-refractivity contribution is 5.26. The van der Waals surface area contributed by atoms with Crippen LogP contribution in [0.3, 0.4) is 0 Å². The first-order valence-corrected chi connectivity index (χ1v) is 3.81. The van der Waals surface area contributed by atoms with E-state index in [1.165, 1.54) is 11.3 Å². The highest BCUT2D eigenvalue weighted by Gasteiger charge is 2.10. The minimum Gasteiger partial charge on any atom is -0.822 e. The number of hydrogen-bond acceptors (Lipinski definition) is 3. The summed E-state index contributed by atoms with van der Waals surface area (Å²) < 4.78 is 6.18. The average molecular weight is 177 g/mol. The fraction of sp³-hybridized carbons (Fsp3) is 0.111. The number of hydrogen-bond donors (Lipinski definition) is 0. The molecule has 2 aromatic rings. The Morgan fingerprint density at radius 3 is 3.00 bits per heavy atom. The van der Waals surface area contributed by atoms with Crippen molar-refractivity contribution in [2.24, 2.45) is 0 Å². The first kappa shape index (κ1) is 7.79. The molecule has 0 spiro atoms. The van der Waals surface area contributed by atoms with E-state index in [9.17, 15) is 9.90 Å². The zero-order valence-corrected chi connectivity index (χ0v) is 6.98. The van der Waals surface area contributed by atoms with E-state index in [2.05, 4.69) is 0 Å². The second-order valence-electron chi connectivity index (χ2n) is 2.73. The maximum absolute atomic E-state index is 11.5. The maximum Gasteiger partial charge on any atom is 0.380 e. The van der Waals surface area contributed by atoms with Gasteiger partial charge < -0.3 is 9.52 Å². The van der Waals surface area contributed by atoms with Gasteiger partial charge in [-0.05, 0) is 13.0 Å². The van der Waals surface area contributed by atoms with Gasteiger partial charge in [0.2, 0.25) is 0 Å². The Hall–Kier alpha value is -1.84. The molecule has 0 aliphatic carbocycles. The fourth-order valence-electron chi connectivity index (χ4n) is 1.12. The van der Waals surface area contributed by atoms with Gasteiger partial charge in [-0.25, -0.2) is 4.79 Å². The van der Waals surface area contributed by atoms with Gasteiger partial charge in [-0.2, -0.15) is 0 Å². The zero-order valence-electron chi connectivity index (χ0n) is 6.98. The standard InChI is InChI=1S/C9H7NO3/c1-6-8(11)10-5-3-2-4-7(10)13-9(6)12/h2-5H,1H3. The largest absolute Gasteiger partial charge is 0.822 e. The molecule has 2 aromatic heterocycles. The lowest BCUT2D eigenvalue weighted by molar-refractivity contribution is -0.593. The van der Waals surface area contributed by atoms with Crippen LogP contribution in [-0.2, 0) is 0 Å². The monoisotopic (exact) mass is 177 g/mol. The van der Waals surface area contributed by atoms with Crippen molar-refractivity contribution in [2.45, 2.75) is 6.92 Å². The van der Waals surface area contributed by atoms with E-state index >= 15 is 0 Å². The van der Waals surface area contributed by atoms with Crippen LogP contribution < -0.4 is 15.1 Å². The molecule has 0 aliphatic rings. The van der Waals surface area contributed by atoms with Crippen LogP contribution in [0, 0.1) is 6.92 Å². The molecule has 0 bridgehead atoms. The number of pyridine rings is 1. The van der Waals surface area contributed by atoms with Crippen molar-refractivity contribution in [3.63, 3.8) is 0 Å². The summed E-state index contributed by atoms with van der Waals surface area (Å²) in [6.07, 6.45) is 1.56. The molecule has 0 radical (unpaired) electrons. The Morgan fingerprint density at radius 2 is 2.23 bits per heavy atom. The van der Waals surface area contributed by atoms with Crippen LogP contribution in [-0.4, -0.2) is 0 Å². The van der Waals surface area contributed by atoms with E-state index in [1.807, 2.05) is 0 Å². The molecule has 4 nitrogen and oxygen atoms in total. The molecule has 0 amide bonds. The lowest BCUT2D eigenvalue weighted by Crippen LogP contribution is -2.31. The van der Waals surface area contributed by atoms with Crippen LogP contribution in [0.5, 0.6) is 5.88 Å². The molecule has 0 atom stereocenters. The third-order valence-electron chi connectivity index (χ3n) is 1.87. The third-order valence-corrected chi connectivity index (χ3v) is 1.87. The molecular formula is C9H7NO3. The quantitative estimate of drug-likeness (QED) is 0.522. The molecule has 0 saturated heterocycles. The summed E-state index contributed by atoms with van der Waals surface area (Å²) in [4.78, 5) is 11.1. The van der Waals surface area contributed by atoms with Gasteiger partial charge in [0.05, 0.1) is 11.6 Å². The minimum absolute atomic E-state index is 0.101. The average Bonchev–Trinajstić information content (AvgIpc) is 2.15. The molecule has 0 N–H and O–H groups in total. The Bertz CT molecular complexity index is 516. The van der Waals surface area contributed by atoms with E-state index in [4.69, 9.17) is 4.42 Å². The van der Waals surface area contributed by atoms with Gasteiger partial charge in [0.15, 0.2) is 12.1 Å². The summed E-state index contributed by atoms with van der Waals surface area (Å²) in [6.45, 7) is 1.45. The van der Waals surface area contributed by atoms with Crippen molar-refractivity contribution in [1.82, 2.24) is 0 Å². The number of fused-ring (bicyclic) bond motifs is 1. The highest BCUT2D eigenvalue weighted by Crippen LogP contribution is 2.02. The van der Waals surface area contributed by atoms with Crippen LogP contribution in [0.1, 0.15) is 5.56 Å². The Morgan fingerprint density at radius 1 is 1.46 bits per heavy atom. The van der Waals surface area contributed by atoms with Crippen LogP contribution in [0.4, 0.5) is 0 Å². The predicted octanol–water partition coefficient (Wildman–Crippen LogP) is -0.239. The van der Waals surface area contributed by atoms with Crippen LogP contribution in [0.2, 0.25) is 0 Å². The van der Waals surface area contributed by atoms with E-state index in [-0.39, 0.29) is 17.2 Å². The van der Waals surface area contributed by atoms with Gasteiger partial charge in [-0.15, -0.1) is 4.40 Å². The molecule has 2 heterocycles. The molecule has 13 heavy (non-hydrogen) atoms. The lowest BCUT2D eigenvalue weighted by atomic mass is 10.3. The number of aromatic nitrogens is 1. The summed E-state index contributed by atoms with van der Waals surface area (Å²) >= 11 is 0. The molecular weight excluding hydrogens is 170 g/mol. The summed E-state index contributed by atoms with van der Waals surface area (Å²) in [5.74, 6) is -0.327. The molecule has 0 unspecified atom stereocenters. The van der Waals surface area contributed by atoms with Crippen LogP contribution >= 0.6 is 0 Å². The van der Waals surface area contributed by atoms with Gasteiger partial charge in [-0.1, -0.05) is 0 Å². The summed E-state index contributed by atoms with van der Waals surface area (Å²) in [7, 11) is 0. The molecule has 0 fully saturated rings. The predicted molar refractivity (Wildman–Crippen MR) is 42.3 cm³/mol. The van der Waals surface area contributed by atoms with Crippen molar-refractivity contribution in [3.05, 3.63) is 40.4 Å². The summed E-state index contributed by atoms with van der Waals surface area (Å²) in [5.41, 5.74) is -0.206. The smallest absolute Gasteiger partial charge is 0.380 e. The Kier molecular flexibility index (Phi) is 1.55. The van der Waals surface area contributed by atoms with Crippen molar-refractivity contribution < 1.29 is 13.9 Å². The number of nitrogens with zero attached hydrogens (tertiary/aromatic N) is 1. The first-order valence-electron chi connectivity index (χ1n) is 3.81. The normalized spacial score (nSPS) is 10.5. The second-order valence-corrected chi connectivity index (χ2v) is 2.73. The van der Waals surface area contributed by atoms with E-state index in [0.29, 0.717) is 0 Å².